The molecule has 1 saturated heterocycles. The van der Waals surface area contributed by atoms with Crippen molar-refractivity contribution in [3.05, 3.63) is 29.6 Å². The van der Waals surface area contributed by atoms with E-state index >= 15 is 0 Å². The summed E-state index contributed by atoms with van der Waals surface area (Å²) in [4.78, 5) is 6.70. The highest BCUT2D eigenvalue weighted by Crippen LogP contribution is 2.14. The van der Waals surface area contributed by atoms with Gasteiger partial charge in [-0.2, -0.15) is 0 Å². The molecule has 0 spiro atoms. The van der Waals surface area contributed by atoms with Gasteiger partial charge in [0.05, 0.1) is 0 Å². The number of nitrogens with one attached hydrogen (secondary N) is 1. The molecule has 0 radical (unpaired) electrons. The molecule has 1 aliphatic rings. The minimum Gasteiger partial charge on any atom is -0.312 e. The molecule has 2 heterocycles. The smallest absolute Gasteiger partial charge is 0.0315 e. The van der Waals surface area contributed by atoms with Gasteiger partial charge in [-0.1, -0.05) is 6.92 Å². The molecule has 1 atom stereocenters. The number of likely N-dealkylation sites (tertiary alicyclic amines) is 1. The summed E-state index contributed by atoms with van der Waals surface area (Å²) in [5, 5.41) is 3.56. The van der Waals surface area contributed by atoms with Gasteiger partial charge in [-0.3, -0.25) is 4.98 Å². The van der Waals surface area contributed by atoms with Crippen molar-refractivity contribution in [2.24, 2.45) is 5.92 Å². The van der Waals surface area contributed by atoms with Crippen molar-refractivity contribution >= 4 is 0 Å². The second-order valence-corrected chi connectivity index (χ2v) is 4.98. The molecule has 1 fully saturated rings. The number of pyridine rings is 1. The lowest BCUT2D eigenvalue weighted by atomic mass is 10.1. The number of aryl methyl sites for hydroxylation is 1. The fourth-order valence-electron chi connectivity index (χ4n) is 2.46. The summed E-state index contributed by atoms with van der Waals surface area (Å²) in [7, 11) is 0. The van der Waals surface area contributed by atoms with Crippen LogP contribution >= 0.6 is 0 Å². The second kappa shape index (κ2) is 6.12. The fourth-order valence-corrected chi connectivity index (χ4v) is 2.46. The highest BCUT2D eigenvalue weighted by atomic mass is 15.1. The van der Waals surface area contributed by atoms with E-state index in [-0.39, 0.29) is 0 Å². The monoisotopic (exact) mass is 233 g/mol. The Morgan fingerprint density at radius 3 is 3.12 bits per heavy atom. The summed E-state index contributed by atoms with van der Waals surface area (Å²) in [6.07, 6.45) is 5.16. The molecule has 1 aromatic heterocycles. The largest absolute Gasteiger partial charge is 0.312 e. The van der Waals surface area contributed by atoms with E-state index < -0.39 is 0 Å². The van der Waals surface area contributed by atoms with Crippen molar-refractivity contribution in [3.8, 4) is 0 Å². The summed E-state index contributed by atoms with van der Waals surface area (Å²) >= 11 is 0. The zero-order chi connectivity index (χ0) is 12.1. The SMILES string of the molecule is CCN1CCC(CNCc2cnccc2C)C1. The zero-order valence-corrected chi connectivity index (χ0v) is 10.9. The topological polar surface area (TPSA) is 28.2 Å². The molecule has 94 valence electrons. The van der Waals surface area contributed by atoms with E-state index in [1.54, 1.807) is 0 Å². The number of hydrogen-bond donors (Lipinski definition) is 1. The van der Waals surface area contributed by atoms with E-state index in [1.165, 1.54) is 37.2 Å². The molecule has 0 amide bonds. The predicted octanol–water partition coefficient (Wildman–Crippen LogP) is 1.82. The molecule has 17 heavy (non-hydrogen) atoms. The second-order valence-electron chi connectivity index (χ2n) is 4.98. The Balaban J connectivity index is 1.72. The highest BCUT2D eigenvalue weighted by molar-refractivity contribution is 5.20. The molecule has 1 aliphatic heterocycles. The summed E-state index contributed by atoms with van der Waals surface area (Å²) in [6.45, 7) is 10.2. The van der Waals surface area contributed by atoms with E-state index in [1.807, 2.05) is 12.4 Å². The summed E-state index contributed by atoms with van der Waals surface area (Å²) < 4.78 is 0. The maximum Gasteiger partial charge on any atom is 0.0315 e. The van der Waals surface area contributed by atoms with Gasteiger partial charge in [0.25, 0.3) is 0 Å². The van der Waals surface area contributed by atoms with Crippen molar-refractivity contribution in [2.45, 2.75) is 26.8 Å². The third kappa shape index (κ3) is 3.51. The number of nitrogens with zero attached hydrogens (tertiary/aromatic N) is 2. The molecule has 0 aromatic carbocycles. The van der Waals surface area contributed by atoms with E-state index in [9.17, 15) is 0 Å². The number of aromatic nitrogens is 1. The van der Waals surface area contributed by atoms with Crippen LogP contribution in [0.1, 0.15) is 24.5 Å². The molecule has 1 N–H and O–H groups in total. The van der Waals surface area contributed by atoms with Gasteiger partial charge in [0, 0.05) is 25.5 Å². The van der Waals surface area contributed by atoms with Crippen LogP contribution in [0.5, 0.6) is 0 Å². The fraction of sp³-hybridized carbons (Fsp3) is 0.643. The maximum absolute atomic E-state index is 4.17. The average molecular weight is 233 g/mol. The molecular weight excluding hydrogens is 210 g/mol. The van der Waals surface area contributed by atoms with Gasteiger partial charge < -0.3 is 10.2 Å². The van der Waals surface area contributed by atoms with E-state index in [0.717, 1.165) is 19.0 Å². The number of hydrogen-bond acceptors (Lipinski definition) is 3. The quantitative estimate of drug-likeness (QED) is 0.841. The van der Waals surface area contributed by atoms with Gasteiger partial charge in [0.15, 0.2) is 0 Å². The average Bonchev–Trinajstić information content (AvgIpc) is 2.80. The Morgan fingerprint density at radius 1 is 1.53 bits per heavy atom. The Bertz CT molecular complexity index is 351. The summed E-state index contributed by atoms with van der Waals surface area (Å²) in [6, 6.07) is 2.07. The van der Waals surface area contributed by atoms with Gasteiger partial charge in [-0.25, -0.2) is 0 Å². The van der Waals surface area contributed by atoms with Crippen LogP contribution in [0.3, 0.4) is 0 Å². The van der Waals surface area contributed by atoms with Crippen LogP contribution in [0, 0.1) is 12.8 Å². The first-order valence-electron chi connectivity index (χ1n) is 6.62. The Hall–Kier alpha value is -0.930. The molecule has 3 nitrogen and oxygen atoms in total. The number of rotatable bonds is 5. The van der Waals surface area contributed by atoms with Crippen molar-refractivity contribution in [3.63, 3.8) is 0 Å². The maximum atomic E-state index is 4.17. The lowest BCUT2D eigenvalue weighted by Gasteiger charge is -2.14. The molecule has 1 aromatic rings. The van der Waals surface area contributed by atoms with Crippen molar-refractivity contribution in [2.75, 3.05) is 26.2 Å². The van der Waals surface area contributed by atoms with Crippen LogP contribution in [-0.4, -0.2) is 36.1 Å². The lowest BCUT2D eigenvalue weighted by Crippen LogP contribution is -2.26. The van der Waals surface area contributed by atoms with Crippen LogP contribution < -0.4 is 5.32 Å². The molecule has 1 unspecified atom stereocenters. The molecular formula is C14H23N3. The third-order valence-corrected chi connectivity index (χ3v) is 3.71. The van der Waals surface area contributed by atoms with E-state index in [2.05, 4.69) is 35.1 Å². The van der Waals surface area contributed by atoms with Gasteiger partial charge in [-0.05, 0) is 56.1 Å². The van der Waals surface area contributed by atoms with Crippen molar-refractivity contribution in [1.29, 1.82) is 0 Å². The van der Waals surface area contributed by atoms with Gasteiger partial charge in [-0.15, -0.1) is 0 Å². The Morgan fingerprint density at radius 2 is 2.41 bits per heavy atom. The predicted molar refractivity (Wildman–Crippen MR) is 70.9 cm³/mol. The summed E-state index contributed by atoms with van der Waals surface area (Å²) in [5.74, 6) is 0.826. The van der Waals surface area contributed by atoms with Crippen molar-refractivity contribution < 1.29 is 0 Å². The van der Waals surface area contributed by atoms with Crippen LogP contribution in [0.25, 0.3) is 0 Å². The first-order valence-corrected chi connectivity index (χ1v) is 6.62. The van der Waals surface area contributed by atoms with Crippen LogP contribution in [0.2, 0.25) is 0 Å². The van der Waals surface area contributed by atoms with Gasteiger partial charge in [0.1, 0.15) is 0 Å². The third-order valence-electron chi connectivity index (χ3n) is 3.71. The summed E-state index contributed by atoms with van der Waals surface area (Å²) in [5.41, 5.74) is 2.65. The first kappa shape index (κ1) is 12.5. The Kier molecular flexibility index (Phi) is 4.51. The van der Waals surface area contributed by atoms with Crippen LogP contribution in [0.4, 0.5) is 0 Å². The van der Waals surface area contributed by atoms with Crippen LogP contribution in [-0.2, 0) is 6.54 Å². The van der Waals surface area contributed by atoms with E-state index in [0.29, 0.717) is 0 Å². The van der Waals surface area contributed by atoms with E-state index in [4.69, 9.17) is 0 Å². The van der Waals surface area contributed by atoms with Gasteiger partial charge in [0.2, 0.25) is 0 Å². The van der Waals surface area contributed by atoms with Crippen LogP contribution in [0.15, 0.2) is 18.5 Å². The lowest BCUT2D eigenvalue weighted by molar-refractivity contribution is 0.339. The standard InChI is InChI=1S/C14H23N3/c1-3-17-7-5-13(11-17)8-16-10-14-9-15-6-4-12(14)2/h4,6,9,13,16H,3,5,7-8,10-11H2,1-2H3. The molecule has 0 aliphatic carbocycles. The minimum atomic E-state index is 0.826. The minimum absolute atomic E-state index is 0.826. The highest BCUT2D eigenvalue weighted by Gasteiger charge is 2.20. The molecule has 3 heteroatoms. The molecule has 0 bridgehead atoms. The zero-order valence-electron chi connectivity index (χ0n) is 10.9. The van der Waals surface area contributed by atoms with Crippen molar-refractivity contribution in [1.82, 2.24) is 15.2 Å². The first-order chi connectivity index (χ1) is 8.29. The molecule has 0 saturated carbocycles. The Labute approximate surface area is 104 Å². The normalized spacial score (nSPS) is 20.9. The van der Waals surface area contributed by atoms with Gasteiger partial charge >= 0.3 is 0 Å². The molecule has 2 rings (SSSR count).